The van der Waals surface area contributed by atoms with E-state index in [0.717, 1.165) is 5.56 Å². The molecule has 26 heavy (non-hydrogen) atoms. The van der Waals surface area contributed by atoms with Crippen LogP contribution in [0.2, 0.25) is 0 Å². The smallest absolute Gasteiger partial charge is 0.234 e. The number of carbonyl (C=O) groups is 3. The van der Waals surface area contributed by atoms with Crippen LogP contribution < -0.4 is 10.6 Å². The first-order chi connectivity index (χ1) is 12.1. The Labute approximate surface area is 156 Å². The predicted molar refractivity (Wildman–Crippen MR) is 103 cm³/mol. The fourth-order valence-electron chi connectivity index (χ4n) is 2.53. The van der Waals surface area contributed by atoms with Crippen LogP contribution in [0.5, 0.6) is 0 Å². The zero-order chi connectivity index (χ0) is 19.7. The molecule has 0 aromatic heterocycles. The summed E-state index contributed by atoms with van der Waals surface area (Å²) in [7, 11) is 0. The molecule has 6 heteroatoms. The highest BCUT2D eigenvalue weighted by Crippen LogP contribution is 2.04. The molecule has 0 aliphatic carbocycles. The summed E-state index contributed by atoms with van der Waals surface area (Å²) < 4.78 is 0. The summed E-state index contributed by atoms with van der Waals surface area (Å²) in [5.74, 6) is -0.471. The van der Waals surface area contributed by atoms with Crippen molar-refractivity contribution in [3.05, 3.63) is 35.9 Å². The van der Waals surface area contributed by atoms with Crippen molar-refractivity contribution in [2.45, 2.75) is 52.6 Å². The first kappa shape index (κ1) is 21.8. The second-order valence-corrected chi connectivity index (χ2v) is 7.52. The monoisotopic (exact) mass is 361 g/mol. The third-order valence-electron chi connectivity index (χ3n) is 3.80. The molecule has 0 spiro atoms. The Morgan fingerprint density at radius 2 is 1.62 bits per heavy atom. The lowest BCUT2D eigenvalue weighted by Gasteiger charge is -2.25. The van der Waals surface area contributed by atoms with E-state index in [1.165, 1.54) is 6.92 Å². The number of rotatable bonds is 9. The first-order valence-corrected chi connectivity index (χ1v) is 8.98. The number of hydrogen-bond donors (Lipinski definition) is 2. The van der Waals surface area contributed by atoms with Crippen LogP contribution in [0.4, 0.5) is 0 Å². The number of Topliss-reactive ketones (excluding diaryl/α,β-unsaturated/α-hetero) is 1. The van der Waals surface area contributed by atoms with Crippen LogP contribution in [0.3, 0.4) is 0 Å². The molecule has 1 atom stereocenters. The van der Waals surface area contributed by atoms with E-state index in [2.05, 4.69) is 10.6 Å². The van der Waals surface area contributed by atoms with E-state index in [4.69, 9.17) is 0 Å². The highest BCUT2D eigenvalue weighted by molar-refractivity contribution is 5.88. The number of nitrogens with zero attached hydrogens (tertiary/aromatic N) is 1. The first-order valence-electron chi connectivity index (χ1n) is 8.98. The summed E-state index contributed by atoms with van der Waals surface area (Å²) in [4.78, 5) is 38.0. The Morgan fingerprint density at radius 3 is 2.12 bits per heavy atom. The summed E-state index contributed by atoms with van der Waals surface area (Å²) >= 11 is 0. The predicted octanol–water partition coefficient (Wildman–Crippen LogP) is 1.54. The van der Waals surface area contributed by atoms with Gasteiger partial charge in [0.05, 0.1) is 19.1 Å². The maximum atomic E-state index is 12.3. The van der Waals surface area contributed by atoms with Crippen molar-refractivity contribution in [2.24, 2.45) is 0 Å². The second-order valence-electron chi connectivity index (χ2n) is 7.52. The van der Waals surface area contributed by atoms with Gasteiger partial charge in [0, 0.05) is 5.54 Å². The van der Waals surface area contributed by atoms with Gasteiger partial charge in [-0.3, -0.25) is 19.3 Å². The van der Waals surface area contributed by atoms with Crippen LogP contribution in [-0.2, 0) is 20.8 Å². The van der Waals surface area contributed by atoms with Crippen molar-refractivity contribution < 1.29 is 14.4 Å². The molecule has 1 rings (SSSR count). The Hall–Kier alpha value is -2.21. The van der Waals surface area contributed by atoms with Gasteiger partial charge in [0.15, 0.2) is 5.78 Å². The van der Waals surface area contributed by atoms with Crippen LogP contribution >= 0.6 is 0 Å². The van der Waals surface area contributed by atoms with Crippen molar-refractivity contribution in [3.8, 4) is 0 Å². The number of ketones is 1. The fourth-order valence-corrected chi connectivity index (χ4v) is 2.53. The lowest BCUT2D eigenvalue weighted by Crippen LogP contribution is -2.49. The summed E-state index contributed by atoms with van der Waals surface area (Å²) in [6, 6.07) is 9.01. The molecule has 2 amide bonds. The minimum atomic E-state index is -0.563. The van der Waals surface area contributed by atoms with E-state index in [1.807, 2.05) is 58.0 Å². The van der Waals surface area contributed by atoms with E-state index >= 15 is 0 Å². The van der Waals surface area contributed by atoms with Gasteiger partial charge in [0.1, 0.15) is 0 Å². The molecule has 0 bridgehead atoms. The van der Waals surface area contributed by atoms with Crippen molar-refractivity contribution in [1.29, 1.82) is 0 Å². The van der Waals surface area contributed by atoms with E-state index in [1.54, 1.807) is 4.90 Å². The van der Waals surface area contributed by atoms with Crippen LogP contribution in [0.1, 0.15) is 40.2 Å². The van der Waals surface area contributed by atoms with Gasteiger partial charge in [0.25, 0.3) is 0 Å². The molecule has 0 saturated carbocycles. The number of likely N-dealkylation sites (N-methyl/N-ethyl adjacent to an activating group) is 1. The zero-order valence-corrected chi connectivity index (χ0v) is 16.5. The van der Waals surface area contributed by atoms with Crippen LogP contribution in [0, 0.1) is 0 Å². The normalized spacial score (nSPS) is 12.5. The van der Waals surface area contributed by atoms with Crippen LogP contribution in [0.25, 0.3) is 0 Å². The number of hydrogen-bond acceptors (Lipinski definition) is 4. The summed E-state index contributed by atoms with van der Waals surface area (Å²) in [5, 5.41) is 5.67. The van der Waals surface area contributed by atoms with Gasteiger partial charge >= 0.3 is 0 Å². The van der Waals surface area contributed by atoms with E-state index < -0.39 is 6.04 Å². The summed E-state index contributed by atoms with van der Waals surface area (Å²) in [6.07, 6.45) is 0.457. The maximum absolute atomic E-state index is 12.3. The highest BCUT2D eigenvalue weighted by atomic mass is 16.2. The number of amides is 2. The zero-order valence-electron chi connectivity index (χ0n) is 16.5. The minimum Gasteiger partial charge on any atom is -0.350 e. The summed E-state index contributed by atoms with van der Waals surface area (Å²) in [6.45, 7) is 9.89. The molecule has 0 aliphatic rings. The van der Waals surface area contributed by atoms with E-state index in [0.29, 0.717) is 13.0 Å². The van der Waals surface area contributed by atoms with E-state index in [9.17, 15) is 14.4 Å². The lowest BCUT2D eigenvalue weighted by atomic mass is 10.0. The standard InChI is InChI=1S/C20H31N3O3/c1-6-23(14-19(26)22-20(3,4)5)13-18(25)21-17(15(2)24)12-16-10-8-7-9-11-16/h7-11,17H,6,12-14H2,1-5H3,(H,21,25)(H,22,26)/t17-/m0/s1. The average Bonchev–Trinajstić information content (AvgIpc) is 2.52. The number of nitrogens with one attached hydrogen (secondary N) is 2. The van der Waals surface area contributed by atoms with Gasteiger partial charge in [-0.25, -0.2) is 0 Å². The number of benzene rings is 1. The molecule has 6 nitrogen and oxygen atoms in total. The molecule has 0 saturated heterocycles. The van der Waals surface area contributed by atoms with Crippen molar-refractivity contribution in [2.75, 3.05) is 19.6 Å². The van der Waals surface area contributed by atoms with Gasteiger partial charge < -0.3 is 10.6 Å². The highest BCUT2D eigenvalue weighted by Gasteiger charge is 2.21. The largest absolute Gasteiger partial charge is 0.350 e. The molecular formula is C20H31N3O3. The third kappa shape index (κ3) is 8.76. The fraction of sp³-hybridized carbons (Fsp3) is 0.550. The third-order valence-corrected chi connectivity index (χ3v) is 3.80. The second kappa shape index (κ2) is 10.1. The van der Waals surface area contributed by atoms with Crippen molar-refractivity contribution in [3.63, 3.8) is 0 Å². The molecule has 0 aliphatic heterocycles. The number of carbonyl (C=O) groups excluding carboxylic acids is 3. The van der Waals surface area contributed by atoms with Gasteiger partial charge in [-0.05, 0) is 46.2 Å². The lowest BCUT2D eigenvalue weighted by molar-refractivity contribution is -0.129. The molecular weight excluding hydrogens is 330 g/mol. The van der Waals surface area contributed by atoms with Crippen molar-refractivity contribution >= 4 is 17.6 Å². The Kier molecular flexibility index (Phi) is 8.45. The van der Waals surface area contributed by atoms with Gasteiger partial charge in [-0.1, -0.05) is 37.3 Å². The SMILES string of the molecule is CCN(CC(=O)N[C@@H](Cc1ccccc1)C(C)=O)CC(=O)NC(C)(C)C. The molecule has 0 heterocycles. The molecule has 0 unspecified atom stereocenters. The molecule has 0 fully saturated rings. The Morgan fingerprint density at radius 1 is 1.04 bits per heavy atom. The Balaban J connectivity index is 2.59. The topological polar surface area (TPSA) is 78.5 Å². The van der Waals surface area contributed by atoms with Gasteiger partial charge in [0.2, 0.25) is 11.8 Å². The molecule has 0 radical (unpaired) electrons. The van der Waals surface area contributed by atoms with Crippen LogP contribution in [-0.4, -0.2) is 53.7 Å². The molecule has 2 N–H and O–H groups in total. The van der Waals surface area contributed by atoms with Gasteiger partial charge in [-0.15, -0.1) is 0 Å². The molecule has 144 valence electrons. The molecule has 1 aromatic rings. The van der Waals surface area contributed by atoms with Gasteiger partial charge in [-0.2, -0.15) is 0 Å². The average molecular weight is 361 g/mol. The van der Waals surface area contributed by atoms with E-state index in [-0.39, 0.29) is 36.2 Å². The minimum absolute atomic E-state index is 0.0760. The van der Waals surface area contributed by atoms with Crippen LogP contribution in [0.15, 0.2) is 30.3 Å². The van der Waals surface area contributed by atoms with Crippen molar-refractivity contribution in [1.82, 2.24) is 15.5 Å². The summed E-state index contributed by atoms with van der Waals surface area (Å²) in [5.41, 5.74) is 0.679. The quantitative estimate of drug-likeness (QED) is 0.699. The molecule has 1 aromatic carbocycles. The maximum Gasteiger partial charge on any atom is 0.234 e. The Bertz CT molecular complexity index is 608.